The van der Waals surface area contributed by atoms with Gasteiger partial charge in [-0.25, -0.2) is 0 Å². The first-order valence-electron chi connectivity index (χ1n) is 8.17. The van der Waals surface area contributed by atoms with Crippen molar-refractivity contribution in [2.45, 2.75) is 19.5 Å². The van der Waals surface area contributed by atoms with E-state index in [-0.39, 0.29) is 0 Å². The Kier molecular flexibility index (Phi) is 5.24. The van der Waals surface area contributed by atoms with E-state index in [0.717, 1.165) is 57.5 Å². The second kappa shape index (κ2) is 7.18. The maximum absolute atomic E-state index is 6.54. The molecule has 2 aliphatic heterocycles. The minimum absolute atomic E-state index is 0.611. The zero-order valence-electron chi connectivity index (χ0n) is 13.6. The van der Waals surface area contributed by atoms with Gasteiger partial charge in [-0.3, -0.25) is 4.90 Å². The lowest BCUT2D eigenvalue weighted by molar-refractivity contribution is 0.1000. The van der Waals surface area contributed by atoms with Gasteiger partial charge in [-0.2, -0.15) is 0 Å². The van der Waals surface area contributed by atoms with E-state index in [0.29, 0.717) is 6.04 Å². The van der Waals surface area contributed by atoms with Crippen LogP contribution in [0.25, 0.3) is 0 Å². The number of likely N-dealkylation sites (N-methyl/N-ethyl adjacent to an activating group) is 1. The van der Waals surface area contributed by atoms with Crippen molar-refractivity contribution < 1.29 is 4.74 Å². The molecule has 0 amide bonds. The Hall–Kier alpha value is -0.810. The fourth-order valence-corrected chi connectivity index (χ4v) is 3.43. The van der Waals surface area contributed by atoms with Crippen LogP contribution in [0.5, 0.6) is 0 Å². The van der Waals surface area contributed by atoms with Gasteiger partial charge in [0, 0.05) is 56.0 Å². The maximum Gasteiger partial charge on any atom is 0.0642 e. The number of nitrogens with zero attached hydrogens (tertiary/aromatic N) is 3. The Balaban J connectivity index is 1.64. The SMILES string of the molecule is CC1CN(Cc2ccc(N3CCOCC3)cc2Cl)CCN1C. The van der Waals surface area contributed by atoms with Crippen LogP contribution in [0.15, 0.2) is 18.2 Å². The fraction of sp³-hybridized carbons (Fsp3) is 0.647. The van der Waals surface area contributed by atoms with Crippen LogP contribution in [0, 0.1) is 0 Å². The van der Waals surface area contributed by atoms with Gasteiger partial charge in [0.2, 0.25) is 0 Å². The van der Waals surface area contributed by atoms with Crippen molar-refractivity contribution in [3.05, 3.63) is 28.8 Å². The molecule has 2 heterocycles. The van der Waals surface area contributed by atoms with Gasteiger partial charge in [-0.05, 0) is 31.7 Å². The number of hydrogen-bond acceptors (Lipinski definition) is 4. The lowest BCUT2D eigenvalue weighted by Crippen LogP contribution is -2.49. The molecule has 0 saturated carbocycles. The minimum atomic E-state index is 0.611. The van der Waals surface area contributed by atoms with Crippen molar-refractivity contribution in [1.29, 1.82) is 0 Å². The summed E-state index contributed by atoms with van der Waals surface area (Å²) in [4.78, 5) is 7.26. The minimum Gasteiger partial charge on any atom is -0.378 e. The van der Waals surface area contributed by atoms with Gasteiger partial charge < -0.3 is 14.5 Å². The van der Waals surface area contributed by atoms with Crippen LogP contribution in [-0.4, -0.2) is 68.8 Å². The van der Waals surface area contributed by atoms with Gasteiger partial charge in [-0.1, -0.05) is 17.7 Å². The topological polar surface area (TPSA) is 19.0 Å². The second-order valence-electron chi connectivity index (χ2n) is 6.44. The molecule has 2 aliphatic rings. The fourth-order valence-electron chi connectivity index (χ4n) is 3.19. The summed E-state index contributed by atoms with van der Waals surface area (Å²) in [6.45, 7) is 10.1. The van der Waals surface area contributed by atoms with Gasteiger partial charge in [0.05, 0.1) is 13.2 Å². The lowest BCUT2D eigenvalue weighted by atomic mass is 10.1. The number of piperazine rings is 1. The monoisotopic (exact) mass is 323 g/mol. The molecule has 1 aromatic rings. The van der Waals surface area contributed by atoms with E-state index in [4.69, 9.17) is 16.3 Å². The highest BCUT2D eigenvalue weighted by Gasteiger charge is 2.21. The van der Waals surface area contributed by atoms with E-state index < -0.39 is 0 Å². The van der Waals surface area contributed by atoms with Crippen LogP contribution in [0.3, 0.4) is 0 Å². The number of benzene rings is 1. The summed E-state index contributed by atoms with van der Waals surface area (Å²) in [5.41, 5.74) is 2.44. The Labute approximate surface area is 138 Å². The first-order chi connectivity index (χ1) is 10.6. The zero-order chi connectivity index (χ0) is 15.5. The molecule has 0 aromatic heterocycles. The number of morpholine rings is 1. The number of halogens is 1. The standard InChI is InChI=1S/C17H26ClN3O/c1-14-12-20(6-5-19(14)2)13-15-3-4-16(11-17(15)18)21-7-9-22-10-8-21/h3-4,11,14H,5-10,12-13H2,1-2H3. The predicted molar refractivity (Wildman–Crippen MR) is 91.9 cm³/mol. The molecule has 0 radical (unpaired) electrons. The highest BCUT2D eigenvalue weighted by Crippen LogP contribution is 2.26. The molecule has 0 spiro atoms. The zero-order valence-corrected chi connectivity index (χ0v) is 14.4. The summed E-state index contributed by atoms with van der Waals surface area (Å²) in [5, 5.41) is 0.885. The summed E-state index contributed by atoms with van der Waals surface area (Å²) >= 11 is 6.54. The van der Waals surface area contributed by atoms with Crippen molar-refractivity contribution >= 4 is 17.3 Å². The largest absolute Gasteiger partial charge is 0.378 e. The van der Waals surface area contributed by atoms with Crippen LogP contribution in [0.1, 0.15) is 12.5 Å². The van der Waals surface area contributed by atoms with Crippen LogP contribution < -0.4 is 4.90 Å². The Morgan fingerprint density at radius 1 is 1.18 bits per heavy atom. The van der Waals surface area contributed by atoms with E-state index in [1.807, 2.05) is 0 Å². The third-order valence-electron chi connectivity index (χ3n) is 4.85. The molecule has 1 atom stereocenters. The summed E-state index contributed by atoms with van der Waals surface area (Å²) in [5.74, 6) is 0. The average Bonchev–Trinajstić information content (AvgIpc) is 2.54. The van der Waals surface area contributed by atoms with E-state index in [1.54, 1.807) is 0 Å². The third kappa shape index (κ3) is 3.74. The van der Waals surface area contributed by atoms with Gasteiger partial charge in [0.25, 0.3) is 0 Å². The van der Waals surface area contributed by atoms with E-state index in [2.05, 4.69) is 46.9 Å². The van der Waals surface area contributed by atoms with Crippen molar-refractivity contribution in [3.8, 4) is 0 Å². The van der Waals surface area contributed by atoms with E-state index in [1.165, 1.54) is 11.3 Å². The summed E-state index contributed by atoms with van der Waals surface area (Å²) in [6, 6.07) is 7.12. The van der Waals surface area contributed by atoms with E-state index >= 15 is 0 Å². The van der Waals surface area contributed by atoms with Gasteiger partial charge in [-0.15, -0.1) is 0 Å². The number of rotatable bonds is 3. The molecule has 2 saturated heterocycles. The second-order valence-corrected chi connectivity index (χ2v) is 6.85. The van der Waals surface area contributed by atoms with Crippen molar-refractivity contribution in [2.75, 3.05) is 57.9 Å². The molecule has 1 unspecified atom stereocenters. The van der Waals surface area contributed by atoms with Crippen LogP contribution in [0.4, 0.5) is 5.69 Å². The quantitative estimate of drug-likeness (QED) is 0.849. The molecule has 1 aromatic carbocycles. The van der Waals surface area contributed by atoms with Crippen LogP contribution in [0.2, 0.25) is 5.02 Å². The van der Waals surface area contributed by atoms with Crippen molar-refractivity contribution in [2.24, 2.45) is 0 Å². The third-order valence-corrected chi connectivity index (χ3v) is 5.20. The van der Waals surface area contributed by atoms with Crippen LogP contribution >= 0.6 is 11.6 Å². The molecule has 0 bridgehead atoms. The summed E-state index contributed by atoms with van der Waals surface area (Å²) < 4.78 is 5.41. The van der Waals surface area contributed by atoms with Gasteiger partial charge in [0.15, 0.2) is 0 Å². The smallest absolute Gasteiger partial charge is 0.0642 e. The number of anilines is 1. The molecule has 3 rings (SSSR count). The Morgan fingerprint density at radius 3 is 2.64 bits per heavy atom. The van der Waals surface area contributed by atoms with Gasteiger partial charge >= 0.3 is 0 Å². The predicted octanol–water partition coefficient (Wildman–Crippen LogP) is 2.31. The summed E-state index contributed by atoms with van der Waals surface area (Å²) in [7, 11) is 2.20. The number of hydrogen-bond donors (Lipinski definition) is 0. The summed E-state index contributed by atoms with van der Waals surface area (Å²) in [6.07, 6.45) is 0. The molecule has 122 valence electrons. The average molecular weight is 324 g/mol. The molecule has 4 nitrogen and oxygen atoms in total. The molecule has 0 aliphatic carbocycles. The molecule has 5 heteroatoms. The molecular weight excluding hydrogens is 298 g/mol. The Morgan fingerprint density at radius 2 is 1.95 bits per heavy atom. The van der Waals surface area contributed by atoms with Crippen LogP contribution in [-0.2, 0) is 11.3 Å². The molecule has 0 N–H and O–H groups in total. The maximum atomic E-state index is 6.54. The highest BCUT2D eigenvalue weighted by atomic mass is 35.5. The van der Waals surface area contributed by atoms with Crippen molar-refractivity contribution in [1.82, 2.24) is 9.80 Å². The first-order valence-corrected chi connectivity index (χ1v) is 8.55. The molecular formula is C17H26ClN3O. The first kappa shape index (κ1) is 16.1. The number of ether oxygens (including phenoxy) is 1. The molecule has 22 heavy (non-hydrogen) atoms. The molecule has 2 fully saturated rings. The highest BCUT2D eigenvalue weighted by molar-refractivity contribution is 6.31. The van der Waals surface area contributed by atoms with Gasteiger partial charge in [0.1, 0.15) is 0 Å². The Bertz CT molecular complexity index is 505. The van der Waals surface area contributed by atoms with E-state index in [9.17, 15) is 0 Å². The van der Waals surface area contributed by atoms with Crippen molar-refractivity contribution in [3.63, 3.8) is 0 Å². The lowest BCUT2D eigenvalue weighted by Gasteiger charge is -2.37. The normalized spacial score (nSPS) is 24.7.